The molecule has 0 aliphatic heterocycles. The minimum atomic E-state index is -0.760. The van der Waals surface area contributed by atoms with Crippen LogP contribution in [-0.2, 0) is 28.6 Å². The summed E-state index contributed by atoms with van der Waals surface area (Å²) in [5.41, 5.74) is 0. The summed E-state index contributed by atoms with van der Waals surface area (Å²) in [7, 11) is 0. The molecule has 0 unspecified atom stereocenters. The van der Waals surface area contributed by atoms with Crippen molar-refractivity contribution in [2.24, 2.45) is 11.8 Å². The Morgan fingerprint density at radius 3 is 0.817 bits per heavy atom. The van der Waals surface area contributed by atoms with Crippen LogP contribution in [0.1, 0.15) is 298 Å². The van der Waals surface area contributed by atoms with Crippen molar-refractivity contribution in [1.82, 2.24) is 0 Å². The lowest BCUT2D eigenvalue weighted by Gasteiger charge is -2.18. The van der Waals surface area contributed by atoms with E-state index in [2.05, 4.69) is 34.6 Å². The topological polar surface area (TPSA) is 78.9 Å². The highest BCUT2D eigenvalue weighted by Gasteiger charge is 2.19. The maximum atomic E-state index is 12.8. The summed E-state index contributed by atoms with van der Waals surface area (Å²) in [5, 5.41) is 0. The van der Waals surface area contributed by atoms with E-state index in [0.717, 1.165) is 69.6 Å². The molecule has 0 aliphatic carbocycles. The molecule has 0 saturated carbocycles. The molecule has 0 saturated heterocycles. The molecule has 0 rings (SSSR count). The number of ether oxygens (including phenoxy) is 3. The maximum Gasteiger partial charge on any atom is 0.306 e. The first kappa shape index (κ1) is 58.4. The van der Waals surface area contributed by atoms with E-state index in [9.17, 15) is 14.4 Å². The highest BCUT2D eigenvalue weighted by molar-refractivity contribution is 5.71. The van der Waals surface area contributed by atoms with Gasteiger partial charge >= 0.3 is 17.9 Å². The largest absolute Gasteiger partial charge is 0.462 e. The normalized spacial score (nSPS) is 12.1. The molecule has 6 heteroatoms. The average Bonchev–Trinajstić information content (AvgIpc) is 3.22. The van der Waals surface area contributed by atoms with Gasteiger partial charge in [0.05, 0.1) is 0 Å². The van der Waals surface area contributed by atoms with E-state index >= 15 is 0 Å². The third-order valence-corrected chi connectivity index (χ3v) is 12.2. The van der Waals surface area contributed by atoms with Crippen molar-refractivity contribution in [3.63, 3.8) is 0 Å². The molecule has 0 aromatic heterocycles. The van der Waals surface area contributed by atoms with Gasteiger partial charge in [0, 0.05) is 19.3 Å². The molecule has 0 aromatic rings. The van der Waals surface area contributed by atoms with E-state index in [1.165, 1.54) is 186 Å². The monoisotopic (exact) mass is 849 g/mol. The number of unbranched alkanes of at least 4 members (excludes halogenated alkanes) is 33. The van der Waals surface area contributed by atoms with Gasteiger partial charge in [-0.2, -0.15) is 0 Å². The fourth-order valence-electron chi connectivity index (χ4n) is 8.17. The summed E-state index contributed by atoms with van der Waals surface area (Å²) < 4.78 is 16.8. The molecule has 356 valence electrons. The predicted molar refractivity (Wildman–Crippen MR) is 256 cm³/mol. The zero-order valence-electron chi connectivity index (χ0n) is 41.1. The molecule has 6 nitrogen and oxygen atoms in total. The lowest BCUT2D eigenvalue weighted by molar-refractivity contribution is -0.167. The zero-order valence-corrected chi connectivity index (χ0v) is 41.1. The molecule has 60 heavy (non-hydrogen) atoms. The summed E-state index contributed by atoms with van der Waals surface area (Å²) in [4.78, 5) is 37.8. The van der Waals surface area contributed by atoms with Gasteiger partial charge in [-0.3, -0.25) is 14.4 Å². The summed E-state index contributed by atoms with van der Waals surface area (Å²) in [6.45, 7) is 11.4. The third kappa shape index (κ3) is 47.5. The first-order chi connectivity index (χ1) is 29.2. The molecular weight excluding hydrogens is 745 g/mol. The maximum absolute atomic E-state index is 12.8. The van der Waals surface area contributed by atoms with Gasteiger partial charge in [0.1, 0.15) is 13.2 Å². The van der Waals surface area contributed by atoms with Crippen molar-refractivity contribution in [1.29, 1.82) is 0 Å². The minimum absolute atomic E-state index is 0.0636. The van der Waals surface area contributed by atoms with Crippen LogP contribution in [0.5, 0.6) is 0 Å². The Balaban J connectivity index is 4.18. The Labute approximate surface area is 374 Å². The van der Waals surface area contributed by atoms with Gasteiger partial charge < -0.3 is 14.2 Å². The Kier molecular flexibility index (Phi) is 45.7. The summed E-state index contributed by atoms with van der Waals surface area (Å²) in [5.74, 6) is 0.841. The highest BCUT2D eigenvalue weighted by atomic mass is 16.6. The highest BCUT2D eigenvalue weighted by Crippen LogP contribution is 2.18. The van der Waals surface area contributed by atoms with Crippen LogP contribution in [0.3, 0.4) is 0 Å². The lowest BCUT2D eigenvalue weighted by Crippen LogP contribution is -2.30. The van der Waals surface area contributed by atoms with Crippen molar-refractivity contribution in [2.45, 2.75) is 304 Å². The van der Waals surface area contributed by atoms with E-state index in [-0.39, 0.29) is 31.1 Å². The van der Waals surface area contributed by atoms with Gasteiger partial charge in [-0.1, -0.05) is 259 Å². The molecule has 0 amide bonds. The van der Waals surface area contributed by atoms with Crippen molar-refractivity contribution in [3.05, 3.63) is 0 Å². The molecule has 0 aliphatic rings. The number of rotatable bonds is 48. The summed E-state index contributed by atoms with van der Waals surface area (Å²) >= 11 is 0. The van der Waals surface area contributed by atoms with Crippen molar-refractivity contribution in [2.75, 3.05) is 13.2 Å². The van der Waals surface area contributed by atoms with Crippen LogP contribution in [0.4, 0.5) is 0 Å². The van der Waals surface area contributed by atoms with E-state index in [1.807, 2.05) is 0 Å². The summed E-state index contributed by atoms with van der Waals surface area (Å²) in [6.07, 6.45) is 48.2. The summed E-state index contributed by atoms with van der Waals surface area (Å²) in [6, 6.07) is 0. The second-order valence-corrected chi connectivity index (χ2v) is 19.5. The number of carbonyl (C=O) groups excluding carboxylic acids is 3. The van der Waals surface area contributed by atoms with Crippen molar-refractivity contribution in [3.8, 4) is 0 Å². The van der Waals surface area contributed by atoms with Gasteiger partial charge in [0.2, 0.25) is 0 Å². The fraction of sp³-hybridized carbons (Fsp3) is 0.944. The molecular formula is C54H104O6. The molecule has 0 fully saturated rings. The van der Waals surface area contributed by atoms with Gasteiger partial charge in [0.15, 0.2) is 6.10 Å². The van der Waals surface area contributed by atoms with Crippen LogP contribution in [0.2, 0.25) is 0 Å². The molecule has 0 radical (unpaired) electrons. The zero-order chi connectivity index (χ0) is 44.0. The van der Waals surface area contributed by atoms with Crippen molar-refractivity contribution >= 4 is 17.9 Å². The first-order valence-electron chi connectivity index (χ1n) is 26.7. The smallest absolute Gasteiger partial charge is 0.306 e. The van der Waals surface area contributed by atoms with Crippen molar-refractivity contribution < 1.29 is 28.6 Å². The SMILES string of the molecule is CCCCCCCCCC(=O)OC[C@H](COC(=O)CCCCCCCCCCCCCCCCC(C)C)OC(=O)CCCCCCCCCCCCCCCCCC(C)C. The number of hydrogen-bond donors (Lipinski definition) is 0. The molecule has 1 atom stereocenters. The van der Waals surface area contributed by atoms with E-state index < -0.39 is 6.10 Å². The molecule has 0 aromatic carbocycles. The number of esters is 3. The van der Waals surface area contributed by atoms with Gasteiger partial charge in [-0.15, -0.1) is 0 Å². The Hall–Kier alpha value is -1.59. The van der Waals surface area contributed by atoms with Crippen LogP contribution < -0.4 is 0 Å². The van der Waals surface area contributed by atoms with E-state index in [0.29, 0.717) is 19.3 Å². The van der Waals surface area contributed by atoms with Gasteiger partial charge in [0.25, 0.3) is 0 Å². The van der Waals surface area contributed by atoms with Crippen LogP contribution in [0.15, 0.2) is 0 Å². The average molecular weight is 849 g/mol. The van der Waals surface area contributed by atoms with Crippen LogP contribution in [-0.4, -0.2) is 37.2 Å². The number of hydrogen-bond acceptors (Lipinski definition) is 6. The predicted octanol–water partition coefficient (Wildman–Crippen LogP) is 17.3. The van der Waals surface area contributed by atoms with Gasteiger partial charge in [-0.25, -0.2) is 0 Å². The van der Waals surface area contributed by atoms with Crippen LogP contribution in [0.25, 0.3) is 0 Å². The van der Waals surface area contributed by atoms with E-state index in [1.54, 1.807) is 0 Å². The van der Waals surface area contributed by atoms with E-state index in [4.69, 9.17) is 14.2 Å². The second-order valence-electron chi connectivity index (χ2n) is 19.5. The standard InChI is InChI=1S/C54H104O6/c1-6-7-8-9-27-34-39-44-52(55)58-47-51(48-59-53(56)45-40-35-30-25-21-17-14-13-16-20-24-29-33-38-43-50(4)5)60-54(57)46-41-36-31-26-22-18-12-10-11-15-19-23-28-32-37-42-49(2)3/h49-51H,6-48H2,1-5H3/t51-/m1/s1. The fourth-order valence-corrected chi connectivity index (χ4v) is 8.17. The second kappa shape index (κ2) is 46.9. The third-order valence-electron chi connectivity index (χ3n) is 12.2. The molecule has 0 heterocycles. The Bertz CT molecular complexity index is 916. The molecule has 0 spiro atoms. The lowest BCUT2D eigenvalue weighted by atomic mass is 10.0. The Morgan fingerprint density at radius 2 is 0.550 bits per heavy atom. The molecule has 0 N–H and O–H groups in total. The first-order valence-corrected chi connectivity index (χ1v) is 26.7. The van der Waals surface area contributed by atoms with Gasteiger partial charge in [-0.05, 0) is 31.1 Å². The Morgan fingerprint density at radius 1 is 0.317 bits per heavy atom. The molecule has 0 bridgehead atoms. The van der Waals surface area contributed by atoms with Crippen LogP contribution >= 0.6 is 0 Å². The number of carbonyl (C=O) groups is 3. The minimum Gasteiger partial charge on any atom is -0.462 e. The quantitative estimate of drug-likeness (QED) is 0.0345. The van der Waals surface area contributed by atoms with Crippen LogP contribution in [0, 0.1) is 11.8 Å².